The molecule has 2 aromatic rings. The van der Waals surface area contributed by atoms with Crippen molar-refractivity contribution in [1.29, 1.82) is 0 Å². The van der Waals surface area contributed by atoms with E-state index in [1.807, 2.05) is 19.1 Å². The second-order valence-electron chi connectivity index (χ2n) is 4.30. The third-order valence-electron chi connectivity index (χ3n) is 2.93. The minimum absolute atomic E-state index is 0.0314. The lowest BCUT2D eigenvalue weighted by atomic mass is 10.1. The molecule has 20 heavy (non-hydrogen) atoms. The van der Waals surface area contributed by atoms with Gasteiger partial charge in [-0.05, 0) is 30.7 Å². The van der Waals surface area contributed by atoms with Crippen LogP contribution in [0.4, 0.5) is 4.39 Å². The SMILES string of the molecule is CCN(Cc1cccc(Cl)c1)C(=O)c1ccncc1F. The number of hydrogen-bond acceptors (Lipinski definition) is 2. The Balaban J connectivity index is 2.20. The summed E-state index contributed by atoms with van der Waals surface area (Å²) in [6.45, 7) is 2.71. The molecule has 3 nitrogen and oxygen atoms in total. The van der Waals surface area contributed by atoms with Gasteiger partial charge in [-0.15, -0.1) is 0 Å². The molecule has 1 aromatic carbocycles. The number of amides is 1. The molecule has 0 saturated carbocycles. The van der Waals surface area contributed by atoms with Crippen LogP contribution in [0.1, 0.15) is 22.8 Å². The van der Waals surface area contributed by atoms with Crippen LogP contribution in [0.15, 0.2) is 42.7 Å². The number of carbonyl (C=O) groups excluding carboxylic acids is 1. The number of benzene rings is 1. The molecule has 0 aliphatic rings. The Hall–Kier alpha value is -1.94. The van der Waals surface area contributed by atoms with E-state index in [0.29, 0.717) is 18.1 Å². The van der Waals surface area contributed by atoms with Crippen LogP contribution in [0.5, 0.6) is 0 Å². The molecule has 1 aromatic heterocycles. The van der Waals surface area contributed by atoms with Crippen LogP contribution < -0.4 is 0 Å². The third-order valence-corrected chi connectivity index (χ3v) is 3.17. The Labute approximate surface area is 122 Å². The molecule has 0 unspecified atom stereocenters. The maximum absolute atomic E-state index is 13.6. The summed E-state index contributed by atoms with van der Waals surface area (Å²) in [5, 5.41) is 0.612. The van der Waals surface area contributed by atoms with Gasteiger partial charge in [0.25, 0.3) is 5.91 Å². The average Bonchev–Trinajstić information content (AvgIpc) is 2.44. The predicted molar refractivity (Wildman–Crippen MR) is 76.1 cm³/mol. The van der Waals surface area contributed by atoms with Crippen molar-refractivity contribution in [2.45, 2.75) is 13.5 Å². The van der Waals surface area contributed by atoms with Gasteiger partial charge >= 0.3 is 0 Å². The summed E-state index contributed by atoms with van der Waals surface area (Å²) in [5.41, 5.74) is 0.936. The monoisotopic (exact) mass is 292 g/mol. The lowest BCUT2D eigenvalue weighted by molar-refractivity contribution is 0.0747. The first-order chi connectivity index (χ1) is 9.61. The van der Waals surface area contributed by atoms with Crippen LogP contribution in [-0.4, -0.2) is 22.3 Å². The van der Waals surface area contributed by atoms with Crippen molar-refractivity contribution in [3.8, 4) is 0 Å². The number of pyridine rings is 1. The lowest BCUT2D eigenvalue weighted by Crippen LogP contribution is -2.31. The van der Waals surface area contributed by atoms with Crippen molar-refractivity contribution >= 4 is 17.5 Å². The standard InChI is InChI=1S/C15H14ClFN2O/c1-2-19(10-11-4-3-5-12(16)8-11)15(20)13-6-7-18-9-14(13)17/h3-9H,2,10H2,1H3. The summed E-state index contributed by atoms with van der Waals surface area (Å²) in [6.07, 6.45) is 2.45. The number of nitrogens with zero attached hydrogens (tertiary/aromatic N) is 2. The highest BCUT2D eigenvalue weighted by atomic mass is 35.5. The van der Waals surface area contributed by atoms with Crippen LogP contribution in [0.25, 0.3) is 0 Å². The summed E-state index contributed by atoms with van der Waals surface area (Å²) >= 11 is 5.92. The molecular weight excluding hydrogens is 279 g/mol. The van der Waals surface area contributed by atoms with Crippen molar-refractivity contribution in [2.75, 3.05) is 6.54 Å². The van der Waals surface area contributed by atoms with Crippen LogP contribution in [0.3, 0.4) is 0 Å². The molecule has 5 heteroatoms. The summed E-state index contributed by atoms with van der Waals surface area (Å²) in [4.78, 5) is 17.5. The van der Waals surface area contributed by atoms with Crippen LogP contribution in [0, 0.1) is 5.82 Å². The van der Waals surface area contributed by atoms with E-state index in [9.17, 15) is 9.18 Å². The molecule has 0 aliphatic heterocycles. The quantitative estimate of drug-likeness (QED) is 0.863. The van der Waals surface area contributed by atoms with Gasteiger partial charge in [-0.25, -0.2) is 4.39 Å². The molecule has 104 valence electrons. The highest BCUT2D eigenvalue weighted by Crippen LogP contribution is 2.15. The topological polar surface area (TPSA) is 33.2 Å². The van der Waals surface area contributed by atoms with E-state index in [1.54, 1.807) is 17.0 Å². The maximum atomic E-state index is 13.6. The minimum atomic E-state index is -0.609. The molecule has 0 bridgehead atoms. The molecule has 0 saturated heterocycles. The normalized spacial score (nSPS) is 10.3. The zero-order valence-electron chi connectivity index (χ0n) is 11.0. The largest absolute Gasteiger partial charge is 0.335 e. The van der Waals surface area contributed by atoms with E-state index in [2.05, 4.69) is 4.98 Å². The van der Waals surface area contributed by atoms with Gasteiger partial charge in [-0.1, -0.05) is 23.7 Å². The third kappa shape index (κ3) is 3.33. The van der Waals surface area contributed by atoms with E-state index in [4.69, 9.17) is 11.6 Å². The number of aromatic nitrogens is 1. The first kappa shape index (κ1) is 14.5. The first-order valence-corrected chi connectivity index (χ1v) is 6.63. The molecule has 0 N–H and O–H groups in total. The molecule has 0 radical (unpaired) electrons. The molecule has 0 aliphatic carbocycles. The number of halogens is 2. The van der Waals surface area contributed by atoms with Gasteiger partial charge < -0.3 is 4.90 Å². The Morgan fingerprint density at radius 1 is 1.40 bits per heavy atom. The van der Waals surface area contributed by atoms with E-state index in [1.165, 1.54) is 12.3 Å². The molecule has 0 spiro atoms. The average molecular weight is 293 g/mol. The highest BCUT2D eigenvalue weighted by Gasteiger charge is 2.18. The van der Waals surface area contributed by atoms with Crippen molar-refractivity contribution in [3.63, 3.8) is 0 Å². The second kappa shape index (κ2) is 6.48. The van der Waals surface area contributed by atoms with E-state index in [-0.39, 0.29) is 11.5 Å². The Kier molecular flexibility index (Phi) is 4.69. The van der Waals surface area contributed by atoms with Crippen LogP contribution in [0.2, 0.25) is 5.02 Å². The summed E-state index contributed by atoms with van der Waals surface area (Å²) in [5.74, 6) is -0.964. The Morgan fingerprint density at radius 2 is 2.20 bits per heavy atom. The van der Waals surface area contributed by atoms with Crippen LogP contribution >= 0.6 is 11.6 Å². The lowest BCUT2D eigenvalue weighted by Gasteiger charge is -2.21. The van der Waals surface area contributed by atoms with E-state index in [0.717, 1.165) is 11.8 Å². The number of rotatable bonds is 4. The zero-order chi connectivity index (χ0) is 14.5. The van der Waals surface area contributed by atoms with Gasteiger partial charge in [0.15, 0.2) is 5.82 Å². The molecule has 2 rings (SSSR count). The smallest absolute Gasteiger partial charge is 0.257 e. The summed E-state index contributed by atoms with van der Waals surface area (Å²) in [7, 11) is 0. The van der Waals surface area contributed by atoms with Gasteiger partial charge in [0.2, 0.25) is 0 Å². The number of carbonyl (C=O) groups is 1. The van der Waals surface area contributed by atoms with Crippen LogP contribution in [-0.2, 0) is 6.54 Å². The van der Waals surface area contributed by atoms with Gasteiger partial charge in [-0.3, -0.25) is 9.78 Å². The summed E-state index contributed by atoms with van der Waals surface area (Å²) in [6, 6.07) is 8.65. The molecular formula is C15H14ClFN2O. The number of hydrogen-bond donors (Lipinski definition) is 0. The maximum Gasteiger partial charge on any atom is 0.257 e. The fourth-order valence-corrected chi connectivity index (χ4v) is 2.11. The van der Waals surface area contributed by atoms with Crippen molar-refractivity contribution in [1.82, 2.24) is 9.88 Å². The van der Waals surface area contributed by atoms with Gasteiger partial charge in [0, 0.05) is 24.3 Å². The predicted octanol–water partition coefficient (Wildman–Crippen LogP) is 3.54. The Morgan fingerprint density at radius 3 is 2.85 bits per heavy atom. The van der Waals surface area contributed by atoms with E-state index < -0.39 is 5.82 Å². The van der Waals surface area contributed by atoms with Crippen molar-refractivity contribution in [3.05, 3.63) is 64.7 Å². The van der Waals surface area contributed by atoms with Gasteiger partial charge in [-0.2, -0.15) is 0 Å². The van der Waals surface area contributed by atoms with E-state index >= 15 is 0 Å². The Bertz CT molecular complexity index is 618. The van der Waals surface area contributed by atoms with Crippen molar-refractivity contribution in [2.24, 2.45) is 0 Å². The first-order valence-electron chi connectivity index (χ1n) is 6.25. The molecule has 0 atom stereocenters. The van der Waals surface area contributed by atoms with Crippen molar-refractivity contribution < 1.29 is 9.18 Å². The van der Waals surface area contributed by atoms with Gasteiger partial charge in [0.1, 0.15) is 0 Å². The van der Waals surface area contributed by atoms with Gasteiger partial charge in [0.05, 0.1) is 11.8 Å². The fourth-order valence-electron chi connectivity index (χ4n) is 1.90. The fraction of sp³-hybridized carbons (Fsp3) is 0.200. The highest BCUT2D eigenvalue weighted by molar-refractivity contribution is 6.30. The second-order valence-corrected chi connectivity index (χ2v) is 4.74. The molecule has 1 heterocycles. The molecule has 1 amide bonds. The minimum Gasteiger partial charge on any atom is -0.335 e. The zero-order valence-corrected chi connectivity index (χ0v) is 11.8. The molecule has 0 fully saturated rings. The summed E-state index contributed by atoms with van der Waals surface area (Å²) < 4.78 is 13.6.